The van der Waals surface area contributed by atoms with E-state index in [9.17, 15) is 4.79 Å². The Hall–Kier alpha value is -1.72. The van der Waals surface area contributed by atoms with Gasteiger partial charge in [0.1, 0.15) is 24.7 Å². The molecule has 0 fully saturated rings. The molecule has 0 aliphatic carbocycles. The van der Waals surface area contributed by atoms with E-state index in [1.54, 1.807) is 24.3 Å². The summed E-state index contributed by atoms with van der Waals surface area (Å²) in [7, 11) is 0. The lowest BCUT2D eigenvalue weighted by Crippen LogP contribution is -2.09. The number of ether oxygens (including phenoxy) is 2. The Morgan fingerprint density at radius 1 is 1.14 bits per heavy atom. The zero-order valence-electron chi connectivity index (χ0n) is 10.9. The number of hydrogen-bond donors (Lipinski definition) is 1. The maximum atomic E-state index is 10.8. The predicted molar refractivity (Wildman–Crippen MR) is 83.5 cm³/mol. The van der Waals surface area contributed by atoms with Crippen LogP contribution in [0.2, 0.25) is 5.02 Å². The molecular formula is C15H12BrClO4. The lowest BCUT2D eigenvalue weighted by molar-refractivity contribution is 0.0696. The maximum Gasteiger partial charge on any atom is 0.335 e. The first-order chi connectivity index (χ1) is 10.1. The maximum absolute atomic E-state index is 10.8. The van der Waals surface area contributed by atoms with Crippen LogP contribution in [0.1, 0.15) is 10.4 Å². The van der Waals surface area contributed by atoms with Gasteiger partial charge in [-0.3, -0.25) is 0 Å². The van der Waals surface area contributed by atoms with Crippen LogP contribution in [0.5, 0.6) is 11.5 Å². The molecule has 0 unspecified atom stereocenters. The molecule has 0 amide bonds. The molecule has 6 heteroatoms. The van der Waals surface area contributed by atoms with E-state index in [0.29, 0.717) is 23.1 Å². The van der Waals surface area contributed by atoms with Crippen molar-refractivity contribution >= 4 is 33.5 Å². The van der Waals surface area contributed by atoms with Crippen molar-refractivity contribution in [1.29, 1.82) is 0 Å². The second kappa shape index (κ2) is 7.33. The molecule has 0 aliphatic heterocycles. The molecule has 2 rings (SSSR count). The van der Waals surface area contributed by atoms with Crippen molar-refractivity contribution in [2.45, 2.75) is 0 Å². The molecule has 0 aromatic heterocycles. The van der Waals surface area contributed by atoms with Crippen LogP contribution in [0.25, 0.3) is 0 Å². The van der Waals surface area contributed by atoms with Crippen LogP contribution in [0.15, 0.2) is 46.9 Å². The smallest absolute Gasteiger partial charge is 0.335 e. The van der Waals surface area contributed by atoms with Crippen molar-refractivity contribution in [3.8, 4) is 11.5 Å². The van der Waals surface area contributed by atoms with Crippen molar-refractivity contribution in [2.24, 2.45) is 0 Å². The second-order valence-corrected chi connectivity index (χ2v) is 5.43. The van der Waals surface area contributed by atoms with Crippen molar-refractivity contribution in [3.63, 3.8) is 0 Å². The molecular weight excluding hydrogens is 360 g/mol. The van der Waals surface area contributed by atoms with Crippen molar-refractivity contribution < 1.29 is 19.4 Å². The van der Waals surface area contributed by atoms with Crippen LogP contribution < -0.4 is 9.47 Å². The third-order valence-electron chi connectivity index (χ3n) is 2.58. The first-order valence-corrected chi connectivity index (χ1v) is 7.27. The summed E-state index contributed by atoms with van der Waals surface area (Å²) in [5.41, 5.74) is 0.185. The van der Waals surface area contributed by atoms with Gasteiger partial charge in [0.25, 0.3) is 0 Å². The summed E-state index contributed by atoms with van der Waals surface area (Å²) in [4.78, 5) is 10.8. The molecule has 0 saturated heterocycles. The van der Waals surface area contributed by atoms with Gasteiger partial charge >= 0.3 is 5.97 Å². The summed E-state index contributed by atoms with van der Waals surface area (Å²) in [5, 5.41) is 9.40. The van der Waals surface area contributed by atoms with Gasteiger partial charge in [0.2, 0.25) is 0 Å². The van der Waals surface area contributed by atoms with Crippen molar-refractivity contribution in [1.82, 2.24) is 0 Å². The van der Waals surface area contributed by atoms with E-state index < -0.39 is 5.97 Å². The molecule has 0 spiro atoms. The number of aromatic carboxylic acids is 1. The highest BCUT2D eigenvalue weighted by atomic mass is 79.9. The molecule has 0 heterocycles. The number of halogens is 2. The summed E-state index contributed by atoms with van der Waals surface area (Å²) >= 11 is 9.33. The van der Waals surface area contributed by atoms with Gasteiger partial charge in [0.05, 0.1) is 10.6 Å². The number of hydrogen-bond acceptors (Lipinski definition) is 3. The normalized spacial score (nSPS) is 10.2. The monoisotopic (exact) mass is 370 g/mol. The summed E-state index contributed by atoms with van der Waals surface area (Å²) in [6, 6.07) is 11.6. The predicted octanol–water partition coefficient (Wildman–Crippen LogP) is 4.26. The van der Waals surface area contributed by atoms with E-state index >= 15 is 0 Å². The number of carbonyl (C=O) groups is 1. The number of benzene rings is 2. The quantitative estimate of drug-likeness (QED) is 0.771. The average Bonchev–Trinajstić information content (AvgIpc) is 2.45. The first kappa shape index (κ1) is 15.7. The highest BCUT2D eigenvalue weighted by molar-refractivity contribution is 9.10. The lowest BCUT2D eigenvalue weighted by Gasteiger charge is -2.10. The highest BCUT2D eigenvalue weighted by Crippen LogP contribution is 2.27. The van der Waals surface area contributed by atoms with Crippen molar-refractivity contribution in [3.05, 3.63) is 57.5 Å². The Morgan fingerprint density at radius 3 is 2.62 bits per heavy atom. The van der Waals surface area contributed by atoms with Gasteiger partial charge < -0.3 is 14.6 Å². The third-order valence-corrected chi connectivity index (χ3v) is 3.37. The molecule has 0 saturated carbocycles. The topological polar surface area (TPSA) is 55.8 Å². The number of carboxylic acids is 1. The van der Waals surface area contributed by atoms with Crippen LogP contribution in [0.3, 0.4) is 0 Å². The summed E-state index contributed by atoms with van der Waals surface area (Å²) in [6.07, 6.45) is 0. The summed E-state index contributed by atoms with van der Waals surface area (Å²) < 4.78 is 11.8. The van der Waals surface area contributed by atoms with E-state index in [1.165, 1.54) is 12.1 Å². The van der Waals surface area contributed by atoms with E-state index in [0.717, 1.165) is 4.47 Å². The van der Waals surface area contributed by atoms with Gasteiger partial charge in [-0.2, -0.15) is 0 Å². The Bertz CT molecular complexity index is 645. The SMILES string of the molecule is O=C(O)c1cccc(OCCOc2ccc(Br)cc2Cl)c1. The molecule has 0 atom stereocenters. The molecule has 0 bridgehead atoms. The van der Waals surface area contributed by atoms with Gasteiger partial charge in [-0.05, 0) is 36.4 Å². The minimum absolute atomic E-state index is 0.185. The minimum Gasteiger partial charge on any atom is -0.490 e. The van der Waals surface area contributed by atoms with E-state index in [4.69, 9.17) is 26.2 Å². The van der Waals surface area contributed by atoms with E-state index in [-0.39, 0.29) is 12.2 Å². The third kappa shape index (κ3) is 4.65. The van der Waals surface area contributed by atoms with Crippen LogP contribution in [0, 0.1) is 0 Å². The Morgan fingerprint density at radius 2 is 1.90 bits per heavy atom. The van der Waals surface area contributed by atoms with Crippen molar-refractivity contribution in [2.75, 3.05) is 13.2 Å². The fourth-order valence-corrected chi connectivity index (χ4v) is 2.35. The summed E-state index contributed by atoms with van der Waals surface area (Å²) in [6.45, 7) is 0.591. The molecule has 0 radical (unpaired) electrons. The van der Waals surface area contributed by atoms with E-state index in [1.807, 2.05) is 6.07 Å². The fraction of sp³-hybridized carbons (Fsp3) is 0.133. The first-order valence-electron chi connectivity index (χ1n) is 6.10. The highest BCUT2D eigenvalue weighted by Gasteiger charge is 2.05. The lowest BCUT2D eigenvalue weighted by atomic mass is 10.2. The van der Waals surface area contributed by atoms with Crippen LogP contribution in [-0.4, -0.2) is 24.3 Å². The van der Waals surface area contributed by atoms with Gasteiger partial charge in [-0.25, -0.2) is 4.79 Å². The van der Waals surface area contributed by atoms with Crippen LogP contribution >= 0.6 is 27.5 Å². The molecule has 4 nitrogen and oxygen atoms in total. The Balaban J connectivity index is 1.84. The molecule has 21 heavy (non-hydrogen) atoms. The fourth-order valence-electron chi connectivity index (χ4n) is 1.62. The molecule has 2 aromatic carbocycles. The number of rotatable bonds is 6. The summed E-state index contributed by atoms with van der Waals surface area (Å²) in [5.74, 6) is 0.0708. The molecule has 110 valence electrons. The van der Waals surface area contributed by atoms with Gasteiger partial charge in [-0.1, -0.05) is 33.6 Å². The number of carboxylic acid groups (broad SMARTS) is 1. The molecule has 0 aliphatic rings. The van der Waals surface area contributed by atoms with Crippen LogP contribution in [-0.2, 0) is 0 Å². The zero-order chi connectivity index (χ0) is 15.2. The van der Waals surface area contributed by atoms with Crippen LogP contribution in [0.4, 0.5) is 0 Å². The average molecular weight is 372 g/mol. The largest absolute Gasteiger partial charge is 0.490 e. The second-order valence-electron chi connectivity index (χ2n) is 4.10. The minimum atomic E-state index is -0.988. The van der Waals surface area contributed by atoms with Gasteiger partial charge in [0, 0.05) is 4.47 Å². The molecule has 1 N–H and O–H groups in total. The van der Waals surface area contributed by atoms with Gasteiger partial charge in [0.15, 0.2) is 0 Å². The van der Waals surface area contributed by atoms with E-state index in [2.05, 4.69) is 15.9 Å². The molecule has 2 aromatic rings. The zero-order valence-corrected chi connectivity index (χ0v) is 13.2. The Kier molecular flexibility index (Phi) is 5.47. The Labute approximate surface area is 135 Å². The van der Waals surface area contributed by atoms with Gasteiger partial charge in [-0.15, -0.1) is 0 Å². The standard InChI is InChI=1S/C15H12BrClO4/c16-11-4-5-14(13(17)9-11)21-7-6-20-12-3-1-2-10(8-12)15(18)19/h1-5,8-9H,6-7H2,(H,18,19).